The molecule has 1 N–H and O–H groups in total. The predicted molar refractivity (Wildman–Crippen MR) is 211 cm³/mol. The minimum absolute atomic E-state index is 0.246. The van der Waals surface area contributed by atoms with E-state index in [4.69, 9.17) is 12.2 Å². The van der Waals surface area contributed by atoms with Crippen molar-refractivity contribution >= 4 is 98.1 Å². The SMILES string of the molecule is O=C(O)CN1C(=O)/C(=C\c2cc(-c3cccs3)c(/C=C/c3ccc(N(c4ccccc4)c4ccccc4)cc3)cc2-c2cccs2)SC1=S. The van der Waals surface area contributed by atoms with Crippen LogP contribution in [0.3, 0.4) is 0 Å². The Balaban J connectivity index is 1.26. The van der Waals surface area contributed by atoms with Gasteiger partial charge in [-0.25, -0.2) is 0 Å². The van der Waals surface area contributed by atoms with E-state index in [-0.39, 0.29) is 4.32 Å². The van der Waals surface area contributed by atoms with Gasteiger partial charge in [-0.05, 0) is 105 Å². The number of thioether (sulfide) groups is 1. The minimum atomic E-state index is -1.10. The molecule has 2 aromatic heterocycles. The summed E-state index contributed by atoms with van der Waals surface area (Å²) in [6.07, 6.45) is 6.11. The first-order valence-electron chi connectivity index (χ1n) is 15.4. The highest BCUT2D eigenvalue weighted by Crippen LogP contribution is 2.41. The van der Waals surface area contributed by atoms with E-state index in [1.54, 1.807) is 22.7 Å². The third-order valence-electron chi connectivity index (χ3n) is 7.88. The number of hydrogen-bond donors (Lipinski definition) is 1. The lowest BCUT2D eigenvalue weighted by Gasteiger charge is -2.25. The number of anilines is 3. The van der Waals surface area contributed by atoms with E-state index in [2.05, 4.69) is 95.2 Å². The predicted octanol–water partition coefficient (Wildman–Crippen LogP) is 11.1. The molecule has 6 aromatic rings. The topological polar surface area (TPSA) is 60.9 Å². The largest absolute Gasteiger partial charge is 0.480 e. The van der Waals surface area contributed by atoms with Gasteiger partial charge in [-0.15, -0.1) is 22.7 Å². The van der Waals surface area contributed by atoms with Crippen LogP contribution in [-0.2, 0) is 9.59 Å². The van der Waals surface area contributed by atoms with Crippen LogP contribution in [0.1, 0.15) is 16.7 Å². The summed E-state index contributed by atoms with van der Waals surface area (Å²) in [5.41, 5.74) is 8.22. The van der Waals surface area contributed by atoms with Crippen LogP contribution in [-0.4, -0.2) is 32.7 Å². The Labute approximate surface area is 302 Å². The maximum absolute atomic E-state index is 13.2. The fourth-order valence-corrected chi connectivity index (χ4v) is 8.39. The molecule has 1 aliphatic heterocycles. The van der Waals surface area contributed by atoms with Crippen LogP contribution >= 0.6 is 46.7 Å². The summed E-state index contributed by atoms with van der Waals surface area (Å²) in [4.78, 5) is 30.5. The maximum Gasteiger partial charge on any atom is 0.323 e. The number of rotatable bonds is 10. The van der Waals surface area contributed by atoms with Crippen LogP contribution in [0.2, 0.25) is 0 Å². The van der Waals surface area contributed by atoms with Crippen molar-refractivity contribution in [1.29, 1.82) is 0 Å². The average Bonchev–Trinajstić information content (AvgIpc) is 3.90. The third-order valence-corrected chi connectivity index (χ3v) is 11.1. The van der Waals surface area contributed by atoms with Gasteiger partial charge < -0.3 is 10.0 Å². The van der Waals surface area contributed by atoms with Gasteiger partial charge in [0.1, 0.15) is 10.9 Å². The van der Waals surface area contributed by atoms with Crippen LogP contribution in [0.4, 0.5) is 17.1 Å². The summed E-state index contributed by atoms with van der Waals surface area (Å²) in [6, 6.07) is 41.7. The van der Waals surface area contributed by atoms with Crippen molar-refractivity contribution < 1.29 is 14.7 Å². The first kappa shape index (κ1) is 32.5. The van der Waals surface area contributed by atoms with E-state index in [1.165, 1.54) is 0 Å². The molecule has 0 saturated carbocycles. The average molecular weight is 713 g/mol. The van der Waals surface area contributed by atoms with E-state index >= 15 is 0 Å². The third kappa shape index (κ3) is 7.21. The molecule has 49 heavy (non-hydrogen) atoms. The van der Waals surface area contributed by atoms with Gasteiger partial charge in [0, 0.05) is 26.8 Å². The molecule has 1 amide bonds. The van der Waals surface area contributed by atoms with E-state index in [1.807, 2.05) is 60.0 Å². The zero-order chi connectivity index (χ0) is 33.7. The number of hydrogen-bond acceptors (Lipinski definition) is 7. The molecule has 0 bridgehead atoms. The lowest BCUT2D eigenvalue weighted by atomic mass is 9.95. The highest BCUT2D eigenvalue weighted by atomic mass is 32.2. The number of para-hydroxylation sites is 2. The van der Waals surface area contributed by atoms with Crippen molar-refractivity contribution in [2.45, 2.75) is 0 Å². The Morgan fingerprint density at radius 2 is 1.27 bits per heavy atom. The number of carbonyl (C=O) groups is 2. The second-order valence-electron chi connectivity index (χ2n) is 11.1. The van der Waals surface area contributed by atoms with Crippen LogP contribution in [0.5, 0.6) is 0 Å². The highest BCUT2D eigenvalue weighted by Gasteiger charge is 2.33. The number of carboxylic acids is 1. The summed E-state index contributed by atoms with van der Waals surface area (Å²) in [5, 5.41) is 13.4. The molecule has 0 aliphatic carbocycles. The standard InChI is InChI=1S/C40H28N2O3S4/c43-38(44)26-41-39(45)37(49-40(41)46)25-29-24-33(35-13-7-21-47-35)28(23-34(29)36-14-8-22-48-36)18-15-27-16-19-32(20-17-27)42(30-9-3-1-4-10-30)31-11-5-2-6-12-31/h1-25H,26H2,(H,43,44)/b18-15+,37-25+. The highest BCUT2D eigenvalue weighted by molar-refractivity contribution is 8.26. The normalized spacial score (nSPS) is 13.9. The van der Waals surface area contributed by atoms with Crippen LogP contribution in [0.25, 0.3) is 39.1 Å². The Morgan fingerprint density at radius 1 is 0.714 bits per heavy atom. The summed E-state index contributed by atoms with van der Waals surface area (Å²) in [5.74, 6) is -1.50. The van der Waals surface area contributed by atoms with Gasteiger partial charge in [-0.1, -0.05) is 96.8 Å². The molecule has 9 heteroatoms. The number of carbonyl (C=O) groups excluding carboxylic acids is 1. The molecule has 0 radical (unpaired) electrons. The van der Waals surface area contributed by atoms with E-state index in [0.717, 1.165) is 71.3 Å². The van der Waals surface area contributed by atoms with Gasteiger partial charge in [0.25, 0.3) is 5.91 Å². The molecule has 1 fully saturated rings. The van der Waals surface area contributed by atoms with Crippen molar-refractivity contribution in [3.63, 3.8) is 0 Å². The van der Waals surface area contributed by atoms with Gasteiger partial charge in [0.05, 0.1) is 4.91 Å². The smallest absolute Gasteiger partial charge is 0.323 e. The monoisotopic (exact) mass is 712 g/mol. The second kappa shape index (κ2) is 14.6. The lowest BCUT2D eigenvalue weighted by molar-refractivity contribution is -0.140. The fraction of sp³-hybridized carbons (Fsp3) is 0.0250. The Bertz CT molecular complexity index is 2140. The Hall–Kier alpha value is -5.06. The van der Waals surface area contributed by atoms with Crippen molar-refractivity contribution in [2.24, 2.45) is 0 Å². The number of benzene rings is 4. The van der Waals surface area contributed by atoms with Crippen LogP contribution in [0.15, 0.2) is 137 Å². The number of nitrogens with zero attached hydrogens (tertiary/aromatic N) is 2. The van der Waals surface area contributed by atoms with Gasteiger partial charge in [0.2, 0.25) is 0 Å². The number of carboxylic acid groups (broad SMARTS) is 1. The molecule has 1 aliphatic rings. The molecule has 0 spiro atoms. The summed E-state index contributed by atoms with van der Waals surface area (Å²) in [7, 11) is 0. The Morgan fingerprint density at radius 3 is 1.82 bits per heavy atom. The van der Waals surface area contributed by atoms with Gasteiger partial charge in [-0.2, -0.15) is 0 Å². The van der Waals surface area contributed by atoms with Gasteiger partial charge in [-0.3, -0.25) is 14.5 Å². The molecule has 4 aromatic carbocycles. The summed E-state index contributed by atoms with van der Waals surface area (Å²) < 4.78 is 0.246. The molecule has 3 heterocycles. The lowest BCUT2D eigenvalue weighted by Crippen LogP contribution is -2.33. The number of thiocarbonyl (C=S) groups is 1. The van der Waals surface area contributed by atoms with E-state index < -0.39 is 18.4 Å². The quantitative estimate of drug-likeness (QED) is 0.0867. The van der Waals surface area contributed by atoms with Crippen molar-refractivity contribution in [3.05, 3.63) is 154 Å². The molecule has 7 rings (SSSR count). The first-order chi connectivity index (χ1) is 23.9. The maximum atomic E-state index is 13.2. The molecule has 0 unspecified atom stereocenters. The van der Waals surface area contributed by atoms with Crippen molar-refractivity contribution in [3.8, 4) is 20.9 Å². The van der Waals surface area contributed by atoms with Gasteiger partial charge >= 0.3 is 5.97 Å². The van der Waals surface area contributed by atoms with Crippen LogP contribution in [0, 0.1) is 0 Å². The zero-order valence-corrected chi connectivity index (χ0v) is 29.2. The zero-order valence-electron chi connectivity index (χ0n) is 25.9. The Kier molecular flexibility index (Phi) is 9.68. The second-order valence-corrected chi connectivity index (χ2v) is 14.6. The fourth-order valence-electron chi connectivity index (χ4n) is 5.62. The van der Waals surface area contributed by atoms with Crippen molar-refractivity contribution in [2.75, 3.05) is 11.4 Å². The number of thiophene rings is 2. The molecular weight excluding hydrogens is 685 g/mol. The summed E-state index contributed by atoms with van der Waals surface area (Å²) in [6.45, 7) is -0.457. The molecule has 240 valence electrons. The number of amides is 1. The molecule has 5 nitrogen and oxygen atoms in total. The van der Waals surface area contributed by atoms with Crippen LogP contribution < -0.4 is 4.90 Å². The van der Waals surface area contributed by atoms with Crippen molar-refractivity contribution in [1.82, 2.24) is 4.90 Å². The first-order valence-corrected chi connectivity index (χ1v) is 18.3. The molecule has 1 saturated heterocycles. The summed E-state index contributed by atoms with van der Waals surface area (Å²) >= 11 is 9.77. The van der Waals surface area contributed by atoms with E-state index in [9.17, 15) is 14.7 Å². The minimum Gasteiger partial charge on any atom is -0.480 e. The van der Waals surface area contributed by atoms with Gasteiger partial charge in [0.15, 0.2) is 0 Å². The molecular formula is C40H28N2O3S4. The number of aliphatic carboxylic acids is 1. The van der Waals surface area contributed by atoms with E-state index in [0.29, 0.717) is 4.91 Å². The molecule has 0 atom stereocenters.